The van der Waals surface area contributed by atoms with E-state index in [4.69, 9.17) is 38.8 Å². The van der Waals surface area contributed by atoms with Crippen molar-refractivity contribution in [1.29, 1.82) is 5.26 Å². The van der Waals surface area contributed by atoms with Gasteiger partial charge < -0.3 is 26.8 Å². The molecule has 1 atom stereocenters. The minimum absolute atomic E-state index is 0.0356. The van der Waals surface area contributed by atoms with E-state index in [-0.39, 0.29) is 23.1 Å². The highest BCUT2D eigenvalue weighted by atomic mass is 35.5. The molecule has 3 rings (SSSR count). The number of amides is 1. The van der Waals surface area contributed by atoms with Gasteiger partial charge in [0.15, 0.2) is 6.19 Å². The van der Waals surface area contributed by atoms with Crippen molar-refractivity contribution < 1.29 is 9.53 Å². The summed E-state index contributed by atoms with van der Waals surface area (Å²) in [5, 5.41) is 9.60. The van der Waals surface area contributed by atoms with Crippen LogP contribution in [0.25, 0.3) is 5.70 Å². The Morgan fingerprint density at radius 1 is 1.22 bits per heavy atom. The number of aliphatic imine (C=N–C) groups is 1. The number of aryl methyl sites for hydroxylation is 1. The lowest BCUT2D eigenvalue weighted by molar-refractivity contribution is -0.114. The number of primary amides is 1. The summed E-state index contributed by atoms with van der Waals surface area (Å²) < 4.78 is 5.82. The number of amidine groups is 1. The monoisotopic (exact) mass is 452 g/mol. The molecule has 9 heteroatoms. The van der Waals surface area contributed by atoms with Gasteiger partial charge in [0.25, 0.3) is 5.91 Å². The van der Waals surface area contributed by atoms with Gasteiger partial charge in [-0.1, -0.05) is 17.7 Å². The quantitative estimate of drug-likeness (QED) is 0.266. The molecule has 0 spiro atoms. The third kappa shape index (κ3) is 5.50. The average Bonchev–Trinajstić information content (AvgIpc) is 2.76. The number of halogens is 1. The topological polar surface area (TPSA) is 144 Å². The van der Waals surface area contributed by atoms with Crippen LogP contribution in [0.15, 0.2) is 53.0 Å². The Kier molecular flexibility index (Phi) is 7.23. The van der Waals surface area contributed by atoms with Crippen LogP contribution in [0, 0.1) is 18.4 Å². The first-order valence-electron chi connectivity index (χ1n) is 10.1. The number of carbonyl (C=O) groups is 1. The number of nitriles is 1. The first kappa shape index (κ1) is 23.0. The van der Waals surface area contributed by atoms with E-state index in [1.807, 2.05) is 19.1 Å². The van der Waals surface area contributed by atoms with Gasteiger partial charge >= 0.3 is 0 Å². The number of ether oxygens (including phenoxy) is 1. The molecule has 0 bridgehead atoms. The molecule has 1 aliphatic heterocycles. The van der Waals surface area contributed by atoms with E-state index < -0.39 is 5.91 Å². The zero-order valence-corrected chi connectivity index (χ0v) is 18.5. The maximum absolute atomic E-state index is 12.1. The van der Waals surface area contributed by atoms with Gasteiger partial charge in [-0.05, 0) is 67.3 Å². The second-order valence-corrected chi connectivity index (χ2v) is 7.98. The van der Waals surface area contributed by atoms with Gasteiger partial charge in [-0.2, -0.15) is 5.26 Å². The zero-order valence-electron chi connectivity index (χ0n) is 17.7. The van der Waals surface area contributed by atoms with Crippen molar-refractivity contribution in [3.63, 3.8) is 0 Å². The highest BCUT2D eigenvalue weighted by Gasteiger charge is 2.22. The molecule has 0 saturated carbocycles. The largest absolute Gasteiger partial charge is 0.456 e. The second-order valence-electron chi connectivity index (χ2n) is 7.57. The van der Waals surface area contributed by atoms with Crippen molar-refractivity contribution in [3.05, 3.63) is 64.2 Å². The lowest BCUT2D eigenvalue weighted by Gasteiger charge is -2.26. The van der Waals surface area contributed by atoms with E-state index in [2.05, 4.69) is 11.2 Å². The van der Waals surface area contributed by atoms with Crippen molar-refractivity contribution in [2.75, 3.05) is 13.1 Å². The standard InChI is InChI=1S/C23H25ClN6O2/c1-14-4-9-19(18(24)11-14)32-17-7-5-15(6-8-17)21(26)20(23(28)31)22(27)29-16-3-2-10-30(12-16)13-25/h4-9,11,16H,2-3,10,12,26H2,1H3,(H2,27,29)(H2,28,31). The molecule has 2 aromatic rings. The van der Waals surface area contributed by atoms with E-state index in [9.17, 15) is 4.79 Å². The summed E-state index contributed by atoms with van der Waals surface area (Å²) in [5.74, 6) is 0.269. The Bertz CT molecular complexity index is 1100. The Hall–Kier alpha value is -3.70. The summed E-state index contributed by atoms with van der Waals surface area (Å²) >= 11 is 6.22. The Balaban J connectivity index is 1.83. The zero-order chi connectivity index (χ0) is 23.3. The number of nitrogens with two attached hydrogens (primary N) is 3. The van der Waals surface area contributed by atoms with Crippen LogP contribution in [0.2, 0.25) is 5.02 Å². The SMILES string of the molecule is Cc1ccc(Oc2ccc(C(N)=C(C(N)=O)C(N)=NC3CCCN(C#N)C3)cc2)c(Cl)c1. The van der Waals surface area contributed by atoms with Crippen LogP contribution >= 0.6 is 11.6 Å². The van der Waals surface area contributed by atoms with Gasteiger partial charge in [-0.15, -0.1) is 0 Å². The summed E-state index contributed by atoms with van der Waals surface area (Å²) in [6.45, 7) is 3.07. The molecule has 1 fully saturated rings. The molecule has 1 unspecified atom stereocenters. The van der Waals surface area contributed by atoms with Gasteiger partial charge in [0.1, 0.15) is 22.9 Å². The Labute approximate surface area is 191 Å². The van der Waals surface area contributed by atoms with Crippen LogP contribution in [-0.4, -0.2) is 35.8 Å². The molecule has 32 heavy (non-hydrogen) atoms. The van der Waals surface area contributed by atoms with Crippen LogP contribution in [0.5, 0.6) is 11.5 Å². The molecule has 2 aromatic carbocycles. The van der Waals surface area contributed by atoms with Crippen molar-refractivity contribution in [2.24, 2.45) is 22.2 Å². The van der Waals surface area contributed by atoms with Crippen molar-refractivity contribution in [2.45, 2.75) is 25.8 Å². The second kappa shape index (κ2) is 10.1. The van der Waals surface area contributed by atoms with Crippen LogP contribution in [-0.2, 0) is 4.79 Å². The summed E-state index contributed by atoms with van der Waals surface area (Å²) in [7, 11) is 0. The number of rotatable bonds is 6. The van der Waals surface area contributed by atoms with Crippen molar-refractivity contribution >= 4 is 29.0 Å². The predicted molar refractivity (Wildman–Crippen MR) is 125 cm³/mol. The number of piperidine rings is 1. The number of hydrogen-bond acceptors (Lipinski definition) is 6. The number of likely N-dealkylation sites (tertiary alicyclic amines) is 1. The molecule has 0 aromatic heterocycles. The highest BCUT2D eigenvalue weighted by molar-refractivity contribution is 6.32. The first-order valence-corrected chi connectivity index (χ1v) is 10.5. The molecule has 1 heterocycles. The molecule has 1 saturated heterocycles. The normalized spacial score (nSPS) is 17.3. The van der Waals surface area contributed by atoms with E-state index in [1.54, 1.807) is 35.2 Å². The van der Waals surface area contributed by atoms with Gasteiger partial charge in [-0.25, -0.2) is 0 Å². The fourth-order valence-corrected chi connectivity index (χ4v) is 3.75. The lowest BCUT2D eigenvalue weighted by atomic mass is 10.0. The van der Waals surface area contributed by atoms with E-state index in [0.29, 0.717) is 35.2 Å². The van der Waals surface area contributed by atoms with Crippen LogP contribution < -0.4 is 21.9 Å². The fraction of sp³-hybridized carbons (Fsp3) is 0.261. The summed E-state index contributed by atoms with van der Waals surface area (Å²) in [6.07, 6.45) is 3.69. The highest BCUT2D eigenvalue weighted by Crippen LogP contribution is 2.30. The van der Waals surface area contributed by atoms with Crippen molar-refractivity contribution in [1.82, 2.24) is 4.90 Å². The lowest BCUT2D eigenvalue weighted by Crippen LogP contribution is -2.37. The fourth-order valence-electron chi connectivity index (χ4n) is 3.47. The molecule has 1 aliphatic rings. The minimum Gasteiger partial charge on any atom is -0.456 e. The smallest absolute Gasteiger partial charge is 0.254 e. The summed E-state index contributed by atoms with van der Waals surface area (Å²) in [5.41, 5.74) is 19.5. The molecular weight excluding hydrogens is 428 g/mol. The predicted octanol–water partition coefficient (Wildman–Crippen LogP) is 2.90. The molecule has 6 N–H and O–H groups in total. The molecule has 8 nitrogen and oxygen atoms in total. The number of hydrogen-bond donors (Lipinski definition) is 3. The van der Waals surface area contributed by atoms with Crippen LogP contribution in [0.1, 0.15) is 24.0 Å². The van der Waals surface area contributed by atoms with Gasteiger partial charge in [0, 0.05) is 6.54 Å². The van der Waals surface area contributed by atoms with Crippen LogP contribution in [0.4, 0.5) is 0 Å². The average molecular weight is 453 g/mol. The third-order valence-corrected chi connectivity index (χ3v) is 5.41. The maximum Gasteiger partial charge on any atom is 0.254 e. The minimum atomic E-state index is -0.775. The van der Waals surface area contributed by atoms with Crippen molar-refractivity contribution in [3.8, 4) is 17.7 Å². The maximum atomic E-state index is 12.1. The summed E-state index contributed by atoms with van der Waals surface area (Å²) in [4.78, 5) is 18.1. The molecular formula is C23H25ClN6O2. The third-order valence-electron chi connectivity index (χ3n) is 5.11. The molecule has 1 amide bonds. The van der Waals surface area contributed by atoms with Gasteiger partial charge in [0.2, 0.25) is 0 Å². The van der Waals surface area contributed by atoms with E-state index >= 15 is 0 Å². The van der Waals surface area contributed by atoms with E-state index in [1.165, 1.54) is 0 Å². The van der Waals surface area contributed by atoms with Gasteiger partial charge in [0.05, 0.1) is 23.3 Å². The molecule has 0 radical (unpaired) electrons. The number of carbonyl (C=O) groups excluding carboxylic acids is 1. The molecule has 0 aliphatic carbocycles. The Morgan fingerprint density at radius 3 is 2.56 bits per heavy atom. The first-order chi connectivity index (χ1) is 15.3. The number of benzene rings is 2. The Morgan fingerprint density at radius 2 is 1.94 bits per heavy atom. The van der Waals surface area contributed by atoms with Crippen LogP contribution in [0.3, 0.4) is 0 Å². The number of nitrogens with zero attached hydrogens (tertiary/aromatic N) is 3. The molecule has 166 valence electrons. The van der Waals surface area contributed by atoms with E-state index in [0.717, 1.165) is 18.4 Å². The van der Waals surface area contributed by atoms with Gasteiger partial charge in [-0.3, -0.25) is 9.79 Å². The summed E-state index contributed by atoms with van der Waals surface area (Å²) in [6, 6.07) is 12.1.